The van der Waals surface area contributed by atoms with Gasteiger partial charge in [-0.15, -0.1) is 0 Å². The number of hydrogen-bond acceptors (Lipinski definition) is 3. The zero-order chi connectivity index (χ0) is 14.1. The van der Waals surface area contributed by atoms with Gasteiger partial charge in [0.15, 0.2) is 0 Å². The van der Waals surface area contributed by atoms with E-state index in [1.54, 1.807) is 0 Å². The highest BCUT2D eigenvalue weighted by Crippen LogP contribution is 2.32. The lowest BCUT2D eigenvalue weighted by Gasteiger charge is -2.11. The van der Waals surface area contributed by atoms with Crippen molar-refractivity contribution < 1.29 is 21.6 Å². The molecule has 0 heterocycles. The molecule has 0 fully saturated rings. The van der Waals surface area contributed by atoms with Crippen LogP contribution in [-0.4, -0.2) is 21.1 Å². The fourth-order valence-corrected chi connectivity index (χ4v) is 3.20. The summed E-state index contributed by atoms with van der Waals surface area (Å²) in [6.45, 7) is -1.68. The number of alkyl halides is 3. The van der Waals surface area contributed by atoms with Gasteiger partial charge in [-0.25, -0.2) is 13.1 Å². The van der Waals surface area contributed by atoms with Crippen LogP contribution in [0.15, 0.2) is 21.5 Å². The van der Waals surface area contributed by atoms with E-state index < -0.39 is 27.6 Å². The molecular weight excluding hydrogens is 361 g/mol. The average Bonchev–Trinajstić information content (AvgIpc) is 2.19. The minimum atomic E-state index is -4.66. The number of halogens is 5. The topological polar surface area (TPSA) is 72.2 Å². The summed E-state index contributed by atoms with van der Waals surface area (Å²) < 4.78 is 60.7. The average molecular weight is 368 g/mol. The van der Waals surface area contributed by atoms with Crippen molar-refractivity contribution in [2.75, 3.05) is 12.3 Å². The van der Waals surface area contributed by atoms with Gasteiger partial charge in [0.2, 0.25) is 10.0 Å². The predicted octanol–water partition coefficient (Wildman–Crippen LogP) is 2.53. The van der Waals surface area contributed by atoms with Gasteiger partial charge in [0.1, 0.15) is 11.4 Å². The first-order chi connectivity index (χ1) is 8.03. The maximum absolute atomic E-state index is 12.0. The Morgan fingerprint density at radius 3 is 2.44 bits per heavy atom. The minimum Gasteiger partial charge on any atom is -0.399 e. The zero-order valence-electron chi connectivity index (χ0n) is 8.55. The number of nitrogen functional groups attached to an aromatic ring is 1. The lowest BCUT2D eigenvalue weighted by atomic mass is 10.3. The van der Waals surface area contributed by atoms with Gasteiger partial charge in [-0.3, -0.25) is 0 Å². The fraction of sp³-hybridized carbons (Fsp3) is 0.250. The summed E-state index contributed by atoms with van der Waals surface area (Å²) in [5.41, 5.74) is 5.46. The highest BCUT2D eigenvalue weighted by Gasteiger charge is 2.31. The Morgan fingerprint density at radius 2 is 1.94 bits per heavy atom. The highest BCUT2D eigenvalue weighted by atomic mass is 79.9. The molecule has 18 heavy (non-hydrogen) atoms. The molecule has 0 aliphatic heterocycles. The second kappa shape index (κ2) is 5.24. The predicted molar refractivity (Wildman–Crippen MR) is 64.8 cm³/mol. The summed E-state index contributed by atoms with van der Waals surface area (Å²) in [6, 6.07) is 2.32. The van der Waals surface area contributed by atoms with Gasteiger partial charge in [0.25, 0.3) is 0 Å². The maximum Gasteiger partial charge on any atom is 0.402 e. The second-order valence-electron chi connectivity index (χ2n) is 3.25. The van der Waals surface area contributed by atoms with E-state index in [0.29, 0.717) is 0 Å². The van der Waals surface area contributed by atoms with E-state index in [1.807, 2.05) is 0 Å². The molecular formula is C8H7BrClF3N2O2S. The molecule has 0 aromatic heterocycles. The Morgan fingerprint density at radius 1 is 1.39 bits per heavy atom. The maximum atomic E-state index is 12.0. The van der Waals surface area contributed by atoms with Gasteiger partial charge in [-0.1, -0.05) is 11.6 Å². The van der Waals surface area contributed by atoms with Crippen LogP contribution in [0.2, 0.25) is 5.02 Å². The first kappa shape index (κ1) is 15.5. The third-order valence-corrected chi connectivity index (χ3v) is 4.57. The summed E-state index contributed by atoms with van der Waals surface area (Å²) in [5.74, 6) is 0. The molecule has 1 aromatic carbocycles. The molecule has 0 saturated heterocycles. The van der Waals surface area contributed by atoms with Crippen LogP contribution in [0.4, 0.5) is 18.9 Å². The van der Waals surface area contributed by atoms with Crippen LogP contribution in [0.1, 0.15) is 0 Å². The van der Waals surface area contributed by atoms with Crippen molar-refractivity contribution in [3.63, 3.8) is 0 Å². The summed E-state index contributed by atoms with van der Waals surface area (Å²) in [5, 5.41) is -0.237. The number of benzene rings is 1. The molecule has 4 nitrogen and oxygen atoms in total. The van der Waals surface area contributed by atoms with Crippen molar-refractivity contribution >= 4 is 43.2 Å². The van der Waals surface area contributed by atoms with E-state index in [2.05, 4.69) is 15.9 Å². The van der Waals surface area contributed by atoms with Crippen molar-refractivity contribution in [3.05, 3.63) is 21.6 Å². The molecule has 1 aromatic rings. The van der Waals surface area contributed by atoms with Crippen LogP contribution in [0.5, 0.6) is 0 Å². The van der Waals surface area contributed by atoms with Crippen molar-refractivity contribution in [2.24, 2.45) is 0 Å². The Labute approximate surface area is 114 Å². The first-order valence-electron chi connectivity index (χ1n) is 4.34. The Kier molecular flexibility index (Phi) is 4.52. The Bertz CT molecular complexity index is 562. The zero-order valence-corrected chi connectivity index (χ0v) is 11.7. The van der Waals surface area contributed by atoms with Gasteiger partial charge in [-0.2, -0.15) is 13.2 Å². The van der Waals surface area contributed by atoms with Gasteiger partial charge in [0.05, 0.1) is 5.02 Å². The third kappa shape index (κ3) is 4.01. The molecule has 1 rings (SSSR count). The number of hydrogen-bond donors (Lipinski definition) is 2. The Balaban J connectivity index is 3.13. The molecule has 0 radical (unpaired) electrons. The van der Waals surface area contributed by atoms with Crippen LogP contribution in [-0.2, 0) is 10.0 Å². The molecule has 0 saturated carbocycles. The number of sulfonamides is 1. The van der Waals surface area contributed by atoms with E-state index in [9.17, 15) is 21.6 Å². The number of anilines is 1. The van der Waals surface area contributed by atoms with E-state index >= 15 is 0 Å². The standard InChI is InChI=1S/C8H7BrClF3N2O2S/c9-5-1-4(14)2-6(7(5)10)18(16,17)15-3-8(11,12)13/h1-2,15H,3,14H2. The van der Waals surface area contributed by atoms with Crippen LogP contribution in [0.25, 0.3) is 0 Å². The van der Waals surface area contributed by atoms with Gasteiger partial charge in [0, 0.05) is 10.2 Å². The molecule has 0 unspecified atom stereocenters. The largest absolute Gasteiger partial charge is 0.402 e. The third-order valence-electron chi connectivity index (χ3n) is 1.77. The van der Waals surface area contributed by atoms with Crippen LogP contribution in [0.3, 0.4) is 0 Å². The highest BCUT2D eigenvalue weighted by molar-refractivity contribution is 9.10. The van der Waals surface area contributed by atoms with E-state index in [0.717, 1.165) is 6.07 Å². The monoisotopic (exact) mass is 366 g/mol. The molecule has 3 N–H and O–H groups in total. The molecule has 0 spiro atoms. The lowest BCUT2D eigenvalue weighted by Crippen LogP contribution is -2.33. The SMILES string of the molecule is Nc1cc(Br)c(Cl)c(S(=O)(=O)NCC(F)(F)F)c1. The first-order valence-corrected chi connectivity index (χ1v) is 6.99. The van der Waals surface area contributed by atoms with Gasteiger partial charge < -0.3 is 5.73 Å². The minimum absolute atomic E-state index is 0.0543. The summed E-state index contributed by atoms with van der Waals surface area (Å²) in [7, 11) is -4.38. The van der Waals surface area contributed by atoms with Gasteiger partial charge >= 0.3 is 6.18 Å². The van der Waals surface area contributed by atoms with Gasteiger partial charge in [-0.05, 0) is 28.1 Å². The molecule has 0 bridgehead atoms. The second-order valence-corrected chi connectivity index (χ2v) is 6.22. The molecule has 0 aliphatic carbocycles. The van der Waals surface area contributed by atoms with E-state index in [1.165, 1.54) is 10.8 Å². The summed E-state index contributed by atoms with van der Waals surface area (Å²) >= 11 is 8.65. The smallest absolute Gasteiger partial charge is 0.399 e. The van der Waals surface area contributed by atoms with Crippen LogP contribution >= 0.6 is 27.5 Å². The van der Waals surface area contributed by atoms with Crippen LogP contribution < -0.4 is 10.5 Å². The van der Waals surface area contributed by atoms with Crippen molar-refractivity contribution in [1.82, 2.24) is 4.72 Å². The number of nitrogens with two attached hydrogens (primary N) is 1. The molecule has 102 valence electrons. The summed E-state index contributed by atoms with van der Waals surface area (Å²) in [6.07, 6.45) is -4.66. The quantitative estimate of drug-likeness (QED) is 0.807. The number of rotatable bonds is 3. The summed E-state index contributed by atoms with van der Waals surface area (Å²) in [4.78, 5) is -0.514. The normalized spacial score (nSPS) is 12.7. The molecule has 0 aliphatic rings. The van der Waals surface area contributed by atoms with Crippen molar-refractivity contribution in [1.29, 1.82) is 0 Å². The number of nitrogens with one attached hydrogen (secondary N) is 1. The fourth-order valence-electron chi connectivity index (χ4n) is 1.03. The molecule has 0 atom stereocenters. The van der Waals surface area contributed by atoms with Crippen LogP contribution in [0, 0.1) is 0 Å². The van der Waals surface area contributed by atoms with Crippen molar-refractivity contribution in [2.45, 2.75) is 11.1 Å². The van der Waals surface area contributed by atoms with E-state index in [-0.39, 0.29) is 15.2 Å². The lowest BCUT2D eigenvalue weighted by molar-refractivity contribution is -0.121. The molecule has 10 heteroatoms. The molecule has 0 amide bonds. The van der Waals surface area contributed by atoms with E-state index in [4.69, 9.17) is 17.3 Å². The Hall–Kier alpha value is -0.510. The van der Waals surface area contributed by atoms with Crippen molar-refractivity contribution in [3.8, 4) is 0 Å².